The molecule has 0 saturated carbocycles. The van der Waals surface area contributed by atoms with Gasteiger partial charge in [-0.25, -0.2) is 0 Å². The monoisotopic (exact) mass is 213 g/mol. The summed E-state index contributed by atoms with van der Waals surface area (Å²) in [7, 11) is 0. The maximum Gasteiger partial charge on any atom is -0.00258 e. The molecule has 0 aliphatic rings. The molecular weight excluding hydrogens is 182 g/mol. The zero-order valence-electron chi connectivity index (χ0n) is 11.7. The summed E-state index contributed by atoms with van der Waals surface area (Å²) in [5.74, 6) is 1.61. The first-order chi connectivity index (χ1) is 6.83. The molecular formula is C14H31N. The van der Waals surface area contributed by atoms with Gasteiger partial charge in [0.2, 0.25) is 0 Å². The first-order valence-corrected chi connectivity index (χ1v) is 6.54. The molecule has 1 N–H and O–H groups in total. The number of hydrogen-bond acceptors (Lipinski definition) is 1. The highest BCUT2D eigenvalue weighted by Gasteiger charge is 2.17. The molecule has 0 aromatic heterocycles. The predicted molar refractivity (Wildman–Crippen MR) is 70.2 cm³/mol. The van der Waals surface area contributed by atoms with Gasteiger partial charge in [-0.2, -0.15) is 0 Å². The summed E-state index contributed by atoms with van der Waals surface area (Å²) in [5, 5.41) is 3.53. The minimum atomic E-state index is 0.508. The van der Waals surface area contributed by atoms with Gasteiger partial charge < -0.3 is 5.32 Å². The van der Waals surface area contributed by atoms with E-state index >= 15 is 0 Å². The number of rotatable bonds is 8. The van der Waals surface area contributed by atoms with Crippen molar-refractivity contribution in [1.29, 1.82) is 0 Å². The Kier molecular flexibility index (Phi) is 7.25. The average Bonchev–Trinajstić information content (AvgIpc) is 2.09. The van der Waals surface area contributed by atoms with E-state index in [-0.39, 0.29) is 0 Å². The first kappa shape index (κ1) is 15.0. The minimum absolute atomic E-state index is 0.508. The molecule has 0 aromatic rings. The third-order valence-electron chi connectivity index (χ3n) is 2.93. The van der Waals surface area contributed by atoms with Crippen molar-refractivity contribution in [3.8, 4) is 0 Å². The van der Waals surface area contributed by atoms with Crippen LogP contribution in [-0.2, 0) is 0 Å². The lowest BCUT2D eigenvalue weighted by molar-refractivity contribution is 0.276. The molecule has 0 heterocycles. The van der Waals surface area contributed by atoms with E-state index < -0.39 is 0 Å². The summed E-state index contributed by atoms with van der Waals surface area (Å²) in [4.78, 5) is 0. The van der Waals surface area contributed by atoms with Crippen LogP contribution in [0.2, 0.25) is 0 Å². The lowest BCUT2D eigenvalue weighted by Gasteiger charge is -2.26. The zero-order chi connectivity index (χ0) is 11.9. The molecule has 0 atom stereocenters. The fourth-order valence-corrected chi connectivity index (χ4v) is 1.62. The van der Waals surface area contributed by atoms with Crippen LogP contribution in [0.5, 0.6) is 0 Å². The second-order valence-electron chi connectivity index (χ2n) is 6.44. The van der Waals surface area contributed by atoms with Crippen molar-refractivity contribution in [3.63, 3.8) is 0 Å². The molecule has 0 aliphatic carbocycles. The normalized spacial score (nSPS) is 12.8. The standard InChI is InChI=1S/C14H31N/c1-12(2)7-8-14(5,6)9-10-15-11-13(3)4/h12-13,15H,7-11H2,1-6H3. The summed E-state index contributed by atoms with van der Waals surface area (Å²) in [6, 6.07) is 0. The van der Waals surface area contributed by atoms with Crippen LogP contribution >= 0.6 is 0 Å². The zero-order valence-corrected chi connectivity index (χ0v) is 11.7. The fraction of sp³-hybridized carbons (Fsp3) is 1.00. The van der Waals surface area contributed by atoms with Gasteiger partial charge in [-0.1, -0.05) is 48.0 Å². The smallest absolute Gasteiger partial charge is 0.00258 e. The van der Waals surface area contributed by atoms with Gasteiger partial charge >= 0.3 is 0 Å². The van der Waals surface area contributed by atoms with Crippen molar-refractivity contribution in [1.82, 2.24) is 5.32 Å². The summed E-state index contributed by atoms with van der Waals surface area (Å²) >= 11 is 0. The van der Waals surface area contributed by atoms with Gasteiger partial charge in [0.15, 0.2) is 0 Å². The van der Waals surface area contributed by atoms with Crippen LogP contribution < -0.4 is 5.32 Å². The van der Waals surface area contributed by atoms with Crippen LogP contribution in [0.15, 0.2) is 0 Å². The van der Waals surface area contributed by atoms with Gasteiger partial charge in [-0.3, -0.25) is 0 Å². The van der Waals surface area contributed by atoms with E-state index in [1.54, 1.807) is 0 Å². The molecule has 0 aromatic carbocycles. The van der Waals surface area contributed by atoms with E-state index in [0.29, 0.717) is 5.41 Å². The highest BCUT2D eigenvalue weighted by atomic mass is 14.8. The average molecular weight is 213 g/mol. The molecule has 0 spiro atoms. The van der Waals surface area contributed by atoms with Gasteiger partial charge in [0, 0.05) is 0 Å². The Balaban J connectivity index is 3.55. The van der Waals surface area contributed by atoms with Gasteiger partial charge in [0.25, 0.3) is 0 Å². The Morgan fingerprint density at radius 1 is 0.933 bits per heavy atom. The lowest BCUT2D eigenvalue weighted by atomic mass is 9.82. The molecule has 92 valence electrons. The largest absolute Gasteiger partial charge is 0.316 e. The van der Waals surface area contributed by atoms with E-state index in [1.807, 2.05) is 0 Å². The predicted octanol–water partition coefficient (Wildman–Crippen LogP) is 4.08. The van der Waals surface area contributed by atoms with E-state index in [9.17, 15) is 0 Å². The summed E-state index contributed by atoms with van der Waals surface area (Å²) < 4.78 is 0. The Morgan fingerprint density at radius 3 is 2.00 bits per heavy atom. The van der Waals surface area contributed by atoms with Gasteiger partial charge in [0.05, 0.1) is 0 Å². The first-order valence-electron chi connectivity index (χ1n) is 6.54. The maximum absolute atomic E-state index is 3.53. The van der Waals surface area contributed by atoms with E-state index in [1.165, 1.54) is 25.8 Å². The third kappa shape index (κ3) is 10.2. The van der Waals surface area contributed by atoms with Crippen LogP contribution in [0.4, 0.5) is 0 Å². The highest BCUT2D eigenvalue weighted by molar-refractivity contribution is 4.70. The van der Waals surface area contributed by atoms with Gasteiger partial charge in [0.1, 0.15) is 0 Å². The third-order valence-corrected chi connectivity index (χ3v) is 2.93. The second kappa shape index (κ2) is 7.27. The fourth-order valence-electron chi connectivity index (χ4n) is 1.62. The molecule has 0 rings (SSSR count). The van der Waals surface area contributed by atoms with Crippen LogP contribution in [0, 0.1) is 17.3 Å². The molecule has 1 nitrogen and oxygen atoms in total. The molecule has 0 aliphatic heterocycles. The lowest BCUT2D eigenvalue weighted by Crippen LogP contribution is -2.25. The topological polar surface area (TPSA) is 12.0 Å². The van der Waals surface area contributed by atoms with Crippen LogP contribution in [0.25, 0.3) is 0 Å². The number of nitrogens with one attached hydrogen (secondary N) is 1. The van der Waals surface area contributed by atoms with E-state index in [2.05, 4.69) is 46.9 Å². The van der Waals surface area contributed by atoms with Crippen molar-refractivity contribution in [3.05, 3.63) is 0 Å². The SMILES string of the molecule is CC(C)CCC(C)(C)CCNCC(C)C. The molecule has 0 bridgehead atoms. The molecule has 15 heavy (non-hydrogen) atoms. The Hall–Kier alpha value is -0.0400. The van der Waals surface area contributed by atoms with Crippen LogP contribution in [0.3, 0.4) is 0 Å². The Morgan fingerprint density at radius 2 is 1.53 bits per heavy atom. The van der Waals surface area contributed by atoms with Crippen molar-refractivity contribution < 1.29 is 0 Å². The summed E-state index contributed by atoms with van der Waals surface area (Å²) in [6.07, 6.45) is 4.01. The van der Waals surface area contributed by atoms with Crippen molar-refractivity contribution in [2.24, 2.45) is 17.3 Å². The molecule has 0 unspecified atom stereocenters. The molecule has 0 radical (unpaired) electrons. The van der Waals surface area contributed by atoms with E-state index in [4.69, 9.17) is 0 Å². The molecule has 1 heteroatoms. The quantitative estimate of drug-likeness (QED) is 0.599. The van der Waals surface area contributed by atoms with Crippen molar-refractivity contribution in [2.75, 3.05) is 13.1 Å². The van der Waals surface area contributed by atoms with Crippen LogP contribution in [-0.4, -0.2) is 13.1 Å². The van der Waals surface area contributed by atoms with Crippen LogP contribution in [0.1, 0.15) is 60.8 Å². The second-order valence-corrected chi connectivity index (χ2v) is 6.44. The van der Waals surface area contributed by atoms with E-state index in [0.717, 1.165) is 18.4 Å². The molecule has 0 saturated heterocycles. The Labute approximate surface area is 97.0 Å². The van der Waals surface area contributed by atoms with Crippen molar-refractivity contribution >= 4 is 0 Å². The number of hydrogen-bond donors (Lipinski definition) is 1. The maximum atomic E-state index is 3.53. The van der Waals surface area contributed by atoms with Gasteiger partial charge in [-0.15, -0.1) is 0 Å². The summed E-state index contributed by atoms with van der Waals surface area (Å²) in [5.41, 5.74) is 0.508. The molecule has 0 fully saturated rings. The highest BCUT2D eigenvalue weighted by Crippen LogP contribution is 2.27. The minimum Gasteiger partial charge on any atom is -0.316 e. The van der Waals surface area contributed by atoms with Gasteiger partial charge in [-0.05, 0) is 43.2 Å². The summed E-state index contributed by atoms with van der Waals surface area (Å²) in [6.45, 7) is 16.3. The Bertz CT molecular complexity index is 147. The van der Waals surface area contributed by atoms with Crippen molar-refractivity contribution in [2.45, 2.75) is 60.8 Å². The molecule has 0 amide bonds.